The molecule has 0 aliphatic heterocycles. The van der Waals surface area contributed by atoms with Crippen LogP contribution in [0.25, 0.3) is 0 Å². The third kappa shape index (κ3) is 7.55. The SMILES string of the molecule is C=CCCC(C)OS(C)(=O)=O. The Bertz CT molecular complexity index is 206. The highest BCUT2D eigenvalue weighted by Crippen LogP contribution is 2.04. The van der Waals surface area contributed by atoms with Crippen LogP contribution in [0.15, 0.2) is 12.7 Å². The molecule has 0 aromatic rings. The van der Waals surface area contributed by atoms with Crippen molar-refractivity contribution in [3.63, 3.8) is 0 Å². The summed E-state index contributed by atoms with van der Waals surface area (Å²) in [7, 11) is -3.29. The zero-order chi connectivity index (χ0) is 8.91. The maximum atomic E-state index is 10.6. The van der Waals surface area contributed by atoms with E-state index in [0.29, 0.717) is 6.42 Å². The second-order valence-corrected chi connectivity index (χ2v) is 4.08. The Kier molecular flexibility index (Phi) is 4.37. The number of hydrogen-bond donors (Lipinski definition) is 0. The minimum absolute atomic E-state index is 0.247. The van der Waals surface area contributed by atoms with Gasteiger partial charge in [-0.05, 0) is 19.8 Å². The van der Waals surface area contributed by atoms with Gasteiger partial charge in [-0.25, -0.2) is 0 Å². The minimum Gasteiger partial charge on any atom is -0.267 e. The molecule has 3 nitrogen and oxygen atoms in total. The van der Waals surface area contributed by atoms with Gasteiger partial charge in [0.2, 0.25) is 0 Å². The van der Waals surface area contributed by atoms with Crippen molar-refractivity contribution in [2.75, 3.05) is 6.26 Å². The molecule has 1 unspecified atom stereocenters. The highest BCUT2D eigenvalue weighted by Gasteiger charge is 2.08. The molecule has 0 rings (SSSR count). The van der Waals surface area contributed by atoms with E-state index >= 15 is 0 Å². The summed E-state index contributed by atoms with van der Waals surface area (Å²) in [4.78, 5) is 0. The second-order valence-electron chi connectivity index (χ2n) is 2.48. The van der Waals surface area contributed by atoms with Crippen molar-refractivity contribution in [3.8, 4) is 0 Å². The second kappa shape index (κ2) is 4.51. The van der Waals surface area contributed by atoms with E-state index in [1.165, 1.54) is 0 Å². The van der Waals surface area contributed by atoms with Crippen LogP contribution in [-0.2, 0) is 14.3 Å². The summed E-state index contributed by atoms with van der Waals surface area (Å²) in [6, 6.07) is 0. The molecule has 0 aromatic heterocycles. The molecule has 0 aliphatic carbocycles. The molecular formula is C7H14O3S. The van der Waals surface area contributed by atoms with Gasteiger partial charge in [0.15, 0.2) is 0 Å². The lowest BCUT2D eigenvalue weighted by molar-refractivity contribution is 0.222. The lowest BCUT2D eigenvalue weighted by Gasteiger charge is -2.08. The van der Waals surface area contributed by atoms with Crippen LogP contribution in [0, 0.1) is 0 Å². The van der Waals surface area contributed by atoms with Crippen molar-refractivity contribution >= 4 is 10.1 Å². The molecule has 0 radical (unpaired) electrons. The Labute approximate surface area is 68.2 Å². The summed E-state index contributed by atoms with van der Waals surface area (Å²) in [5.41, 5.74) is 0. The molecule has 0 amide bonds. The molecule has 1 atom stereocenters. The smallest absolute Gasteiger partial charge is 0.264 e. The van der Waals surface area contributed by atoms with E-state index in [-0.39, 0.29) is 6.10 Å². The van der Waals surface area contributed by atoms with Crippen molar-refractivity contribution in [1.82, 2.24) is 0 Å². The van der Waals surface area contributed by atoms with Crippen LogP contribution in [0.4, 0.5) is 0 Å². The van der Waals surface area contributed by atoms with Crippen LogP contribution in [0.1, 0.15) is 19.8 Å². The first-order valence-corrected chi connectivity index (χ1v) is 5.26. The summed E-state index contributed by atoms with van der Waals surface area (Å²) in [6.45, 7) is 5.25. The first-order chi connectivity index (χ1) is 4.95. The van der Waals surface area contributed by atoms with Crippen LogP contribution >= 0.6 is 0 Å². The topological polar surface area (TPSA) is 43.4 Å². The van der Waals surface area contributed by atoms with Gasteiger partial charge >= 0.3 is 0 Å². The number of hydrogen-bond acceptors (Lipinski definition) is 3. The average Bonchev–Trinajstić information content (AvgIpc) is 1.79. The van der Waals surface area contributed by atoms with E-state index in [2.05, 4.69) is 10.8 Å². The van der Waals surface area contributed by atoms with Crippen LogP contribution in [-0.4, -0.2) is 20.8 Å². The molecule has 0 spiro atoms. The molecule has 0 bridgehead atoms. The number of allylic oxidation sites excluding steroid dienone is 1. The Morgan fingerprint density at radius 3 is 2.55 bits per heavy atom. The number of rotatable bonds is 5. The molecule has 66 valence electrons. The van der Waals surface area contributed by atoms with Gasteiger partial charge in [0.25, 0.3) is 10.1 Å². The first-order valence-electron chi connectivity index (χ1n) is 3.45. The van der Waals surface area contributed by atoms with E-state index in [9.17, 15) is 8.42 Å². The third-order valence-electron chi connectivity index (χ3n) is 1.12. The summed E-state index contributed by atoms with van der Waals surface area (Å²) in [5, 5.41) is 0. The fourth-order valence-electron chi connectivity index (χ4n) is 0.699. The molecule has 4 heteroatoms. The Morgan fingerprint density at radius 2 is 2.18 bits per heavy atom. The van der Waals surface area contributed by atoms with E-state index < -0.39 is 10.1 Å². The van der Waals surface area contributed by atoms with E-state index in [1.54, 1.807) is 13.0 Å². The van der Waals surface area contributed by atoms with Gasteiger partial charge < -0.3 is 0 Å². The molecule has 0 saturated heterocycles. The molecule has 0 heterocycles. The highest BCUT2D eigenvalue weighted by atomic mass is 32.2. The lowest BCUT2D eigenvalue weighted by Crippen LogP contribution is -2.13. The van der Waals surface area contributed by atoms with Crippen molar-refractivity contribution in [2.45, 2.75) is 25.9 Å². The molecule has 0 N–H and O–H groups in total. The minimum atomic E-state index is -3.29. The van der Waals surface area contributed by atoms with E-state index in [4.69, 9.17) is 0 Å². The van der Waals surface area contributed by atoms with Crippen molar-refractivity contribution < 1.29 is 12.6 Å². The standard InChI is InChI=1S/C7H14O3S/c1-4-5-6-7(2)10-11(3,8)9/h4,7H,1,5-6H2,2-3H3. The van der Waals surface area contributed by atoms with Gasteiger partial charge in [0, 0.05) is 0 Å². The quantitative estimate of drug-likeness (QED) is 0.471. The molecular weight excluding hydrogens is 164 g/mol. The van der Waals surface area contributed by atoms with Crippen molar-refractivity contribution in [3.05, 3.63) is 12.7 Å². The Balaban J connectivity index is 3.69. The van der Waals surface area contributed by atoms with Crippen LogP contribution < -0.4 is 0 Å². The van der Waals surface area contributed by atoms with Crippen molar-refractivity contribution in [1.29, 1.82) is 0 Å². The Morgan fingerprint density at radius 1 is 1.64 bits per heavy atom. The zero-order valence-corrected chi connectivity index (χ0v) is 7.73. The predicted molar refractivity (Wildman–Crippen MR) is 44.8 cm³/mol. The molecule has 0 aromatic carbocycles. The summed E-state index contributed by atoms with van der Waals surface area (Å²) in [5.74, 6) is 0. The van der Waals surface area contributed by atoms with E-state index in [0.717, 1.165) is 12.7 Å². The van der Waals surface area contributed by atoms with Gasteiger partial charge in [0.1, 0.15) is 0 Å². The van der Waals surface area contributed by atoms with Gasteiger partial charge in [0.05, 0.1) is 12.4 Å². The van der Waals surface area contributed by atoms with Gasteiger partial charge in [-0.2, -0.15) is 8.42 Å². The third-order valence-corrected chi connectivity index (χ3v) is 1.79. The summed E-state index contributed by atoms with van der Waals surface area (Å²) in [6.07, 6.45) is 4.01. The van der Waals surface area contributed by atoms with E-state index in [1.807, 2.05) is 0 Å². The van der Waals surface area contributed by atoms with Crippen molar-refractivity contribution in [2.24, 2.45) is 0 Å². The van der Waals surface area contributed by atoms with Gasteiger partial charge in [-0.3, -0.25) is 4.18 Å². The summed E-state index contributed by atoms with van der Waals surface area (Å²) < 4.78 is 25.8. The molecule has 11 heavy (non-hydrogen) atoms. The molecule has 0 saturated carbocycles. The van der Waals surface area contributed by atoms with Crippen LogP contribution in [0.3, 0.4) is 0 Å². The van der Waals surface area contributed by atoms with Gasteiger partial charge in [-0.1, -0.05) is 6.08 Å². The maximum absolute atomic E-state index is 10.6. The average molecular weight is 178 g/mol. The lowest BCUT2D eigenvalue weighted by atomic mass is 10.2. The van der Waals surface area contributed by atoms with Gasteiger partial charge in [-0.15, -0.1) is 6.58 Å². The fourth-order valence-corrected chi connectivity index (χ4v) is 1.39. The molecule has 0 aliphatic rings. The Hall–Kier alpha value is -0.350. The predicted octanol–water partition coefficient (Wildman–Crippen LogP) is 1.32. The van der Waals surface area contributed by atoms with Crippen LogP contribution in [0.5, 0.6) is 0 Å². The summed E-state index contributed by atoms with van der Waals surface area (Å²) >= 11 is 0. The fraction of sp³-hybridized carbons (Fsp3) is 0.714. The largest absolute Gasteiger partial charge is 0.267 e. The monoisotopic (exact) mass is 178 g/mol. The molecule has 0 fully saturated rings. The normalized spacial score (nSPS) is 14.4. The highest BCUT2D eigenvalue weighted by molar-refractivity contribution is 7.86. The first kappa shape index (κ1) is 10.7. The maximum Gasteiger partial charge on any atom is 0.264 e. The van der Waals surface area contributed by atoms with Crippen LogP contribution in [0.2, 0.25) is 0 Å². The zero-order valence-electron chi connectivity index (χ0n) is 6.91.